The third-order valence-corrected chi connectivity index (χ3v) is 4.39. The van der Waals surface area contributed by atoms with Crippen LogP contribution in [0.3, 0.4) is 0 Å². The van der Waals surface area contributed by atoms with E-state index in [-0.39, 0.29) is 11.9 Å². The number of esters is 2. The summed E-state index contributed by atoms with van der Waals surface area (Å²) in [6.07, 6.45) is 0. The van der Waals surface area contributed by atoms with Gasteiger partial charge in [0, 0.05) is 10.6 Å². The van der Waals surface area contributed by atoms with Crippen LogP contribution in [0.25, 0.3) is 0 Å². The minimum Gasteiger partial charge on any atom is -0.469 e. The molecule has 0 bridgehead atoms. The largest absolute Gasteiger partial charge is 0.469 e. The van der Waals surface area contributed by atoms with Crippen molar-refractivity contribution in [2.75, 3.05) is 7.11 Å². The Balaban J connectivity index is 2.51. The topological polar surface area (TPSA) is 52.6 Å². The van der Waals surface area contributed by atoms with Crippen LogP contribution in [0, 0.1) is 19.8 Å². The molecule has 0 aliphatic rings. The Labute approximate surface area is 159 Å². The number of methoxy groups -OCH3 is 1. The summed E-state index contributed by atoms with van der Waals surface area (Å²) in [5, 5.41) is 0.454. The summed E-state index contributed by atoms with van der Waals surface area (Å²) in [5.74, 6) is -1.03. The first-order valence-corrected chi connectivity index (χ1v) is 8.79. The fourth-order valence-electron chi connectivity index (χ4n) is 3.01. The van der Waals surface area contributed by atoms with Crippen molar-refractivity contribution in [3.63, 3.8) is 0 Å². The van der Waals surface area contributed by atoms with E-state index in [0.717, 1.165) is 11.1 Å². The summed E-state index contributed by atoms with van der Waals surface area (Å²) in [6.45, 7) is 7.66. The summed E-state index contributed by atoms with van der Waals surface area (Å²) in [5.41, 5.74) is 2.77. The number of halogens is 1. The summed E-state index contributed by atoms with van der Waals surface area (Å²) in [6, 6.07) is 10.3. The molecule has 0 saturated carbocycles. The maximum Gasteiger partial charge on any atom is 0.343 e. The average molecular weight is 375 g/mol. The van der Waals surface area contributed by atoms with E-state index in [0.29, 0.717) is 21.9 Å². The second-order valence-electron chi connectivity index (χ2n) is 6.64. The molecule has 0 amide bonds. The van der Waals surface area contributed by atoms with Gasteiger partial charge in [0.1, 0.15) is 5.75 Å². The molecule has 0 heterocycles. The summed E-state index contributed by atoms with van der Waals surface area (Å²) >= 11 is 5.96. The van der Waals surface area contributed by atoms with Crippen molar-refractivity contribution in [2.24, 2.45) is 5.92 Å². The molecule has 2 aromatic rings. The molecule has 5 heteroatoms. The van der Waals surface area contributed by atoms with Gasteiger partial charge >= 0.3 is 11.9 Å². The van der Waals surface area contributed by atoms with Crippen LogP contribution in [0.5, 0.6) is 5.75 Å². The normalized spacial score (nSPS) is 12.0. The lowest BCUT2D eigenvalue weighted by Crippen LogP contribution is -2.22. The van der Waals surface area contributed by atoms with Gasteiger partial charge in [0.2, 0.25) is 0 Å². The zero-order valence-electron chi connectivity index (χ0n) is 15.6. The van der Waals surface area contributed by atoms with Gasteiger partial charge < -0.3 is 9.47 Å². The van der Waals surface area contributed by atoms with Crippen LogP contribution >= 0.6 is 11.6 Å². The molecule has 0 radical (unpaired) electrons. The van der Waals surface area contributed by atoms with Crippen LogP contribution in [-0.4, -0.2) is 19.0 Å². The molecular formula is C21H23ClO4. The molecule has 0 spiro atoms. The number of aryl methyl sites for hydroxylation is 2. The Morgan fingerprint density at radius 1 is 1.08 bits per heavy atom. The Kier molecular flexibility index (Phi) is 6.43. The first-order valence-electron chi connectivity index (χ1n) is 8.41. The van der Waals surface area contributed by atoms with Crippen molar-refractivity contribution in [1.82, 2.24) is 0 Å². The Hall–Kier alpha value is -2.33. The van der Waals surface area contributed by atoms with Crippen LogP contribution in [0.2, 0.25) is 5.02 Å². The number of ether oxygens (including phenoxy) is 2. The SMILES string of the molecule is COC(=O)C(c1cc(C)cc(C)c1OC(=O)c1cccc(Cl)c1)C(C)C. The Morgan fingerprint density at radius 2 is 1.77 bits per heavy atom. The molecule has 138 valence electrons. The van der Waals surface area contributed by atoms with Gasteiger partial charge in [-0.2, -0.15) is 0 Å². The van der Waals surface area contributed by atoms with Gasteiger partial charge in [0.25, 0.3) is 0 Å². The number of hydrogen-bond acceptors (Lipinski definition) is 4. The van der Waals surface area contributed by atoms with E-state index >= 15 is 0 Å². The molecule has 26 heavy (non-hydrogen) atoms. The van der Waals surface area contributed by atoms with Crippen LogP contribution in [0.4, 0.5) is 0 Å². The van der Waals surface area contributed by atoms with E-state index in [1.165, 1.54) is 7.11 Å². The molecular weight excluding hydrogens is 352 g/mol. The lowest BCUT2D eigenvalue weighted by molar-refractivity contribution is -0.143. The highest BCUT2D eigenvalue weighted by molar-refractivity contribution is 6.30. The number of carbonyl (C=O) groups excluding carboxylic acids is 2. The molecule has 2 aromatic carbocycles. The van der Waals surface area contributed by atoms with Crippen molar-refractivity contribution in [1.29, 1.82) is 0 Å². The predicted octanol–water partition coefficient (Wildman–Crippen LogP) is 5.09. The summed E-state index contributed by atoms with van der Waals surface area (Å²) < 4.78 is 10.7. The summed E-state index contributed by atoms with van der Waals surface area (Å²) in [4.78, 5) is 24.9. The first kappa shape index (κ1) is 20.0. The van der Waals surface area contributed by atoms with Gasteiger partial charge in [-0.05, 0) is 43.5 Å². The van der Waals surface area contributed by atoms with Crippen molar-refractivity contribution >= 4 is 23.5 Å². The molecule has 2 rings (SSSR count). The molecule has 0 aromatic heterocycles. The van der Waals surface area contributed by atoms with E-state index in [1.54, 1.807) is 24.3 Å². The van der Waals surface area contributed by atoms with E-state index in [1.807, 2.05) is 39.8 Å². The second-order valence-corrected chi connectivity index (χ2v) is 7.08. The maximum atomic E-state index is 12.6. The van der Waals surface area contributed by atoms with E-state index in [2.05, 4.69) is 0 Å². The van der Waals surface area contributed by atoms with Crippen molar-refractivity contribution in [3.05, 3.63) is 63.7 Å². The molecule has 0 fully saturated rings. The summed E-state index contributed by atoms with van der Waals surface area (Å²) in [7, 11) is 1.36. The van der Waals surface area contributed by atoms with E-state index < -0.39 is 11.9 Å². The fourth-order valence-corrected chi connectivity index (χ4v) is 3.20. The van der Waals surface area contributed by atoms with E-state index in [4.69, 9.17) is 21.1 Å². The van der Waals surface area contributed by atoms with Gasteiger partial charge in [-0.25, -0.2) is 4.79 Å². The minimum absolute atomic E-state index is 0.0210. The number of hydrogen-bond donors (Lipinski definition) is 0. The van der Waals surface area contributed by atoms with Gasteiger partial charge in [-0.3, -0.25) is 4.79 Å². The molecule has 0 aliphatic heterocycles. The molecule has 1 atom stereocenters. The van der Waals surface area contributed by atoms with Crippen molar-refractivity contribution in [2.45, 2.75) is 33.6 Å². The van der Waals surface area contributed by atoms with Crippen molar-refractivity contribution < 1.29 is 19.1 Å². The average Bonchev–Trinajstić information content (AvgIpc) is 2.57. The number of rotatable bonds is 5. The standard InChI is InChI=1S/C21H23ClO4/c1-12(2)18(21(24)25-5)17-10-13(3)9-14(4)19(17)26-20(23)15-7-6-8-16(22)11-15/h6-12,18H,1-5H3. The fraction of sp³-hybridized carbons (Fsp3) is 0.333. The van der Waals surface area contributed by atoms with Gasteiger partial charge in [-0.1, -0.05) is 49.2 Å². The first-order chi connectivity index (χ1) is 12.2. The third kappa shape index (κ3) is 4.44. The van der Waals surface area contributed by atoms with Gasteiger partial charge in [0.15, 0.2) is 0 Å². The quantitative estimate of drug-likeness (QED) is 0.540. The number of carbonyl (C=O) groups is 2. The van der Waals surface area contributed by atoms with Crippen molar-refractivity contribution in [3.8, 4) is 5.75 Å². The molecule has 1 unspecified atom stereocenters. The number of benzene rings is 2. The van der Waals surface area contributed by atoms with Gasteiger partial charge in [0.05, 0.1) is 18.6 Å². The molecule has 4 nitrogen and oxygen atoms in total. The van der Waals surface area contributed by atoms with Crippen LogP contribution in [-0.2, 0) is 9.53 Å². The Bertz CT molecular complexity index is 827. The monoisotopic (exact) mass is 374 g/mol. The lowest BCUT2D eigenvalue weighted by atomic mass is 9.86. The smallest absolute Gasteiger partial charge is 0.343 e. The van der Waals surface area contributed by atoms with Gasteiger partial charge in [-0.15, -0.1) is 0 Å². The lowest BCUT2D eigenvalue weighted by Gasteiger charge is -2.23. The van der Waals surface area contributed by atoms with Crippen LogP contribution < -0.4 is 4.74 Å². The molecule has 0 aliphatic carbocycles. The highest BCUT2D eigenvalue weighted by Gasteiger charge is 2.30. The second kappa shape index (κ2) is 8.37. The van der Waals surface area contributed by atoms with E-state index in [9.17, 15) is 9.59 Å². The van der Waals surface area contributed by atoms with Crippen LogP contribution in [0.15, 0.2) is 36.4 Å². The zero-order chi connectivity index (χ0) is 19.4. The highest BCUT2D eigenvalue weighted by Crippen LogP contribution is 2.36. The van der Waals surface area contributed by atoms with Crippen LogP contribution in [0.1, 0.15) is 46.8 Å². The molecule has 0 N–H and O–H groups in total. The Morgan fingerprint density at radius 3 is 2.35 bits per heavy atom. The predicted molar refractivity (Wildman–Crippen MR) is 102 cm³/mol. The zero-order valence-corrected chi connectivity index (χ0v) is 16.4. The third-order valence-electron chi connectivity index (χ3n) is 4.16. The maximum absolute atomic E-state index is 12.6. The minimum atomic E-state index is -0.527. The molecule has 0 saturated heterocycles. The highest BCUT2D eigenvalue weighted by atomic mass is 35.5.